The number of halogens is 1. The van der Waals surface area contributed by atoms with E-state index in [1.165, 1.54) is 0 Å². The molecule has 4 heteroatoms. The smallest absolute Gasteiger partial charge is 0.0661 e. The lowest BCUT2D eigenvalue weighted by atomic mass is 10.2. The van der Waals surface area contributed by atoms with Crippen LogP contribution in [0.5, 0.6) is 0 Å². The maximum absolute atomic E-state index is 9.13. The molecule has 3 nitrogen and oxygen atoms in total. The van der Waals surface area contributed by atoms with E-state index in [9.17, 15) is 0 Å². The Labute approximate surface area is 87.9 Å². The van der Waals surface area contributed by atoms with Gasteiger partial charge in [0.2, 0.25) is 0 Å². The van der Waals surface area contributed by atoms with Gasteiger partial charge in [-0.05, 0) is 31.0 Å². The minimum Gasteiger partial charge on any atom is -0.397 e. The molecule has 0 unspecified atom stereocenters. The van der Waals surface area contributed by atoms with E-state index in [2.05, 4.69) is 5.32 Å². The van der Waals surface area contributed by atoms with Crippen LogP contribution in [0.1, 0.15) is 12.8 Å². The fourth-order valence-corrected chi connectivity index (χ4v) is 1.59. The number of nitrogen functional groups attached to an aromatic ring is 1. The Bertz CT molecular complexity index is 350. The van der Waals surface area contributed by atoms with Crippen molar-refractivity contribution < 1.29 is 5.11 Å². The molecular weight excluding hydrogens is 200 g/mol. The third-order valence-corrected chi connectivity index (χ3v) is 2.80. The second kappa shape index (κ2) is 3.33. The Hall–Kier alpha value is -0.930. The Morgan fingerprint density at radius 1 is 1.50 bits per heavy atom. The summed E-state index contributed by atoms with van der Waals surface area (Å²) in [7, 11) is 0. The van der Waals surface area contributed by atoms with Crippen LogP contribution < -0.4 is 11.1 Å². The van der Waals surface area contributed by atoms with Crippen molar-refractivity contribution in [2.45, 2.75) is 18.4 Å². The third kappa shape index (κ3) is 1.79. The Balaban J connectivity index is 2.17. The maximum atomic E-state index is 9.13. The SMILES string of the molecule is Nc1cc(Cl)ccc1NC1(CO)CC1. The third-order valence-electron chi connectivity index (χ3n) is 2.57. The zero-order valence-corrected chi connectivity index (χ0v) is 8.51. The van der Waals surface area contributed by atoms with Gasteiger partial charge in [0.15, 0.2) is 0 Å². The first-order chi connectivity index (χ1) is 6.65. The van der Waals surface area contributed by atoms with Crippen LogP contribution in [-0.4, -0.2) is 17.3 Å². The Kier molecular flexibility index (Phi) is 2.29. The summed E-state index contributed by atoms with van der Waals surface area (Å²) < 4.78 is 0. The van der Waals surface area contributed by atoms with Crippen LogP contribution in [0.15, 0.2) is 18.2 Å². The molecule has 76 valence electrons. The van der Waals surface area contributed by atoms with Gasteiger partial charge in [0, 0.05) is 5.02 Å². The number of nitrogens with two attached hydrogens (primary N) is 1. The molecular formula is C10H13ClN2O. The average molecular weight is 213 g/mol. The molecule has 4 N–H and O–H groups in total. The number of hydrogen-bond acceptors (Lipinski definition) is 3. The molecule has 0 bridgehead atoms. The monoisotopic (exact) mass is 212 g/mol. The van der Waals surface area contributed by atoms with Crippen molar-refractivity contribution in [2.24, 2.45) is 0 Å². The molecule has 0 heterocycles. The van der Waals surface area contributed by atoms with Crippen molar-refractivity contribution >= 4 is 23.0 Å². The highest BCUT2D eigenvalue weighted by Gasteiger charge is 2.42. The molecule has 1 aromatic rings. The van der Waals surface area contributed by atoms with Crippen molar-refractivity contribution in [1.82, 2.24) is 0 Å². The lowest BCUT2D eigenvalue weighted by Crippen LogP contribution is -2.26. The lowest BCUT2D eigenvalue weighted by molar-refractivity contribution is 0.266. The van der Waals surface area contributed by atoms with Crippen molar-refractivity contribution in [2.75, 3.05) is 17.7 Å². The molecule has 0 saturated heterocycles. The van der Waals surface area contributed by atoms with Gasteiger partial charge in [-0.3, -0.25) is 0 Å². The van der Waals surface area contributed by atoms with E-state index in [1.807, 2.05) is 6.07 Å². The first-order valence-electron chi connectivity index (χ1n) is 4.59. The summed E-state index contributed by atoms with van der Waals surface area (Å²) in [4.78, 5) is 0. The van der Waals surface area contributed by atoms with E-state index in [1.54, 1.807) is 12.1 Å². The summed E-state index contributed by atoms with van der Waals surface area (Å²) in [5.74, 6) is 0. The van der Waals surface area contributed by atoms with Crippen molar-refractivity contribution in [1.29, 1.82) is 0 Å². The van der Waals surface area contributed by atoms with Gasteiger partial charge in [0.1, 0.15) is 0 Å². The molecule has 1 fully saturated rings. The summed E-state index contributed by atoms with van der Waals surface area (Å²) in [6.45, 7) is 0.148. The Morgan fingerprint density at radius 2 is 2.21 bits per heavy atom. The molecule has 1 aromatic carbocycles. The fourth-order valence-electron chi connectivity index (χ4n) is 1.41. The standard InChI is InChI=1S/C10H13ClN2O/c11-7-1-2-9(8(12)5-7)13-10(6-14)3-4-10/h1-2,5,13-14H,3-4,6,12H2. The van der Waals surface area contributed by atoms with Gasteiger partial charge in [-0.15, -0.1) is 0 Å². The summed E-state index contributed by atoms with van der Waals surface area (Å²) in [5, 5.41) is 13.0. The van der Waals surface area contributed by atoms with E-state index in [4.69, 9.17) is 22.4 Å². The minimum absolute atomic E-state index is 0.137. The van der Waals surface area contributed by atoms with Crippen LogP contribution in [0.2, 0.25) is 5.02 Å². The van der Waals surface area contributed by atoms with E-state index in [0.717, 1.165) is 18.5 Å². The average Bonchev–Trinajstić information content (AvgIpc) is 2.91. The van der Waals surface area contributed by atoms with Crippen molar-refractivity contribution in [3.8, 4) is 0 Å². The van der Waals surface area contributed by atoms with Crippen molar-refractivity contribution in [3.63, 3.8) is 0 Å². The zero-order chi connectivity index (χ0) is 10.2. The molecule has 0 atom stereocenters. The highest BCUT2D eigenvalue weighted by molar-refractivity contribution is 6.31. The first kappa shape index (κ1) is 9.62. The summed E-state index contributed by atoms with van der Waals surface area (Å²) >= 11 is 5.78. The number of aliphatic hydroxyl groups excluding tert-OH is 1. The zero-order valence-electron chi connectivity index (χ0n) is 7.76. The molecule has 0 aliphatic heterocycles. The topological polar surface area (TPSA) is 58.3 Å². The number of hydrogen-bond donors (Lipinski definition) is 3. The van der Waals surface area contributed by atoms with Gasteiger partial charge in [0.05, 0.1) is 23.5 Å². The molecule has 1 aliphatic carbocycles. The fraction of sp³-hybridized carbons (Fsp3) is 0.400. The summed E-state index contributed by atoms with van der Waals surface area (Å²) in [6, 6.07) is 5.33. The second-order valence-electron chi connectivity index (χ2n) is 3.80. The molecule has 1 saturated carbocycles. The normalized spacial score (nSPS) is 17.9. The predicted octanol–water partition coefficient (Wildman–Crippen LogP) is 1.86. The molecule has 1 aliphatic rings. The molecule has 0 aromatic heterocycles. The highest BCUT2D eigenvalue weighted by atomic mass is 35.5. The van der Waals surface area contributed by atoms with Crippen LogP contribution in [0.25, 0.3) is 0 Å². The minimum atomic E-state index is -0.137. The second-order valence-corrected chi connectivity index (χ2v) is 4.23. The van der Waals surface area contributed by atoms with Crippen LogP contribution in [-0.2, 0) is 0 Å². The van der Waals surface area contributed by atoms with E-state index in [0.29, 0.717) is 10.7 Å². The number of anilines is 2. The molecule has 0 amide bonds. The highest BCUT2D eigenvalue weighted by Crippen LogP contribution is 2.39. The van der Waals surface area contributed by atoms with Gasteiger partial charge in [-0.25, -0.2) is 0 Å². The Morgan fingerprint density at radius 3 is 2.71 bits per heavy atom. The van der Waals surface area contributed by atoms with Crippen LogP contribution in [0, 0.1) is 0 Å². The number of rotatable bonds is 3. The van der Waals surface area contributed by atoms with E-state index >= 15 is 0 Å². The molecule has 2 rings (SSSR count). The van der Waals surface area contributed by atoms with Gasteiger partial charge in [0.25, 0.3) is 0 Å². The molecule has 14 heavy (non-hydrogen) atoms. The van der Waals surface area contributed by atoms with Gasteiger partial charge in [-0.2, -0.15) is 0 Å². The van der Waals surface area contributed by atoms with E-state index < -0.39 is 0 Å². The number of nitrogens with one attached hydrogen (secondary N) is 1. The maximum Gasteiger partial charge on any atom is 0.0661 e. The summed E-state index contributed by atoms with van der Waals surface area (Å²) in [5.41, 5.74) is 7.12. The van der Waals surface area contributed by atoms with E-state index in [-0.39, 0.29) is 12.1 Å². The van der Waals surface area contributed by atoms with Crippen LogP contribution >= 0.6 is 11.6 Å². The number of benzene rings is 1. The van der Waals surface area contributed by atoms with Crippen molar-refractivity contribution in [3.05, 3.63) is 23.2 Å². The number of aliphatic hydroxyl groups is 1. The lowest BCUT2D eigenvalue weighted by Gasteiger charge is -2.17. The van der Waals surface area contributed by atoms with Gasteiger partial charge in [-0.1, -0.05) is 11.6 Å². The van der Waals surface area contributed by atoms with Crippen LogP contribution in [0.3, 0.4) is 0 Å². The van der Waals surface area contributed by atoms with Gasteiger partial charge < -0.3 is 16.2 Å². The quantitative estimate of drug-likeness (QED) is 0.671. The summed E-state index contributed by atoms with van der Waals surface area (Å²) in [6.07, 6.45) is 1.98. The first-order valence-corrected chi connectivity index (χ1v) is 4.97. The van der Waals surface area contributed by atoms with Gasteiger partial charge >= 0.3 is 0 Å². The largest absolute Gasteiger partial charge is 0.397 e. The molecule has 0 spiro atoms. The predicted molar refractivity (Wildman–Crippen MR) is 58.5 cm³/mol. The van der Waals surface area contributed by atoms with Crippen LogP contribution in [0.4, 0.5) is 11.4 Å². The molecule has 0 radical (unpaired) electrons.